The molecule has 2 aromatic heterocycles. The van der Waals surface area contributed by atoms with Gasteiger partial charge in [-0.05, 0) is 29.1 Å². The van der Waals surface area contributed by atoms with E-state index in [1.807, 2.05) is 46.5 Å². The molecule has 1 aromatic carbocycles. The van der Waals surface area contributed by atoms with Gasteiger partial charge in [-0.2, -0.15) is 0 Å². The zero-order chi connectivity index (χ0) is 16.6. The Bertz CT molecular complexity index is 737. The van der Waals surface area contributed by atoms with Crippen LogP contribution in [0.25, 0.3) is 10.4 Å². The van der Waals surface area contributed by atoms with Crippen LogP contribution < -0.4 is 5.32 Å². The van der Waals surface area contributed by atoms with Crippen LogP contribution in [-0.2, 0) is 11.3 Å². The van der Waals surface area contributed by atoms with Crippen LogP contribution in [0.15, 0.2) is 60.5 Å². The fourth-order valence-electron chi connectivity index (χ4n) is 2.26. The van der Waals surface area contributed by atoms with Gasteiger partial charge in [0.05, 0.1) is 19.5 Å². The Hall–Kier alpha value is -2.44. The van der Waals surface area contributed by atoms with Crippen LogP contribution >= 0.6 is 11.3 Å². The SMILES string of the molecule is O=C(NCCOCCn1ccnc1)c1ccc(-c2cccs2)cc1. The molecule has 124 valence electrons. The summed E-state index contributed by atoms with van der Waals surface area (Å²) in [7, 11) is 0. The predicted molar refractivity (Wildman–Crippen MR) is 95.1 cm³/mol. The molecule has 1 N–H and O–H groups in total. The molecule has 0 aliphatic rings. The maximum Gasteiger partial charge on any atom is 0.251 e. The molecule has 0 radical (unpaired) electrons. The summed E-state index contributed by atoms with van der Waals surface area (Å²) < 4.78 is 7.45. The van der Waals surface area contributed by atoms with Crippen LogP contribution in [0.2, 0.25) is 0 Å². The average molecular weight is 341 g/mol. The van der Waals surface area contributed by atoms with E-state index in [0.717, 1.165) is 12.1 Å². The highest BCUT2D eigenvalue weighted by Gasteiger charge is 2.05. The molecule has 0 fully saturated rings. The Kier molecular flexibility index (Phi) is 5.76. The molecular weight excluding hydrogens is 322 g/mol. The van der Waals surface area contributed by atoms with Crippen LogP contribution in [0.3, 0.4) is 0 Å². The summed E-state index contributed by atoms with van der Waals surface area (Å²) in [4.78, 5) is 17.3. The molecule has 0 spiro atoms. The number of carbonyl (C=O) groups excluding carboxylic acids is 1. The number of rotatable bonds is 8. The average Bonchev–Trinajstić information content (AvgIpc) is 3.31. The summed E-state index contributed by atoms with van der Waals surface area (Å²) in [6, 6.07) is 11.7. The Morgan fingerprint density at radius 3 is 2.79 bits per heavy atom. The summed E-state index contributed by atoms with van der Waals surface area (Å²) in [5.41, 5.74) is 1.79. The van der Waals surface area contributed by atoms with Crippen molar-refractivity contribution in [1.82, 2.24) is 14.9 Å². The van der Waals surface area contributed by atoms with E-state index in [0.29, 0.717) is 25.3 Å². The molecule has 5 nitrogen and oxygen atoms in total. The number of amides is 1. The number of thiophene rings is 1. The molecular formula is C18H19N3O2S. The molecule has 24 heavy (non-hydrogen) atoms. The molecule has 2 heterocycles. The van der Waals surface area contributed by atoms with Crippen molar-refractivity contribution in [1.29, 1.82) is 0 Å². The molecule has 1 amide bonds. The third-order valence-corrected chi connectivity index (χ3v) is 4.46. The van der Waals surface area contributed by atoms with E-state index in [-0.39, 0.29) is 5.91 Å². The van der Waals surface area contributed by atoms with Crippen LogP contribution in [0.4, 0.5) is 0 Å². The van der Waals surface area contributed by atoms with E-state index in [2.05, 4.69) is 16.4 Å². The Morgan fingerprint density at radius 2 is 2.08 bits per heavy atom. The zero-order valence-electron chi connectivity index (χ0n) is 13.2. The Morgan fingerprint density at radius 1 is 1.21 bits per heavy atom. The lowest BCUT2D eigenvalue weighted by molar-refractivity contribution is 0.0908. The molecule has 0 saturated heterocycles. The van der Waals surface area contributed by atoms with Gasteiger partial charge < -0.3 is 14.6 Å². The topological polar surface area (TPSA) is 56.1 Å². The molecule has 0 unspecified atom stereocenters. The monoisotopic (exact) mass is 341 g/mol. The number of benzene rings is 1. The van der Waals surface area contributed by atoms with Crippen molar-refractivity contribution in [2.45, 2.75) is 6.54 Å². The molecule has 0 saturated carbocycles. The first-order valence-corrected chi connectivity index (χ1v) is 8.66. The van der Waals surface area contributed by atoms with Gasteiger partial charge in [-0.15, -0.1) is 11.3 Å². The second-order valence-electron chi connectivity index (χ2n) is 5.22. The fraction of sp³-hybridized carbons (Fsp3) is 0.222. The minimum Gasteiger partial charge on any atom is -0.378 e. The van der Waals surface area contributed by atoms with Gasteiger partial charge in [-0.25, -0.2) is 4.98 Å². The number of imidazole rings is 1. The maximum atomic E-state index is 12.1. The quantitative estimate of drug-likeness (QED) is 0.641. The third kappa shape index (κ3) is 4.53. The van der Waals surface area contributed by atoms with Crippen molar-refractivity contribution in [2.75, 3.05) is 19.8 Å². The summed E-state index contributed by atoms with van der Waals surface area (Å²) in [5.74, 6) is -0.0778. The molecule has 0 aliphatic heterocycles. The number of aromatic nitrogens is 2. The Balaban J connectivity index is 1.37. The smallest absolute Gasteiger partial charge is 0.251 e. The van der Waals surface area contributed by atoms with Gasteiger partial charge in [0.2, 0.25) is 0 Å². The zero-order valence-corrected chi connectivity index (χ0v) is 14.0. The largest absolute Gasteiger partial charge is 0.378 e. The summed E-state index contributed by atoms with van der Waals surface area (Å²) in [5, 5.41) is 4.91. The van der Waals surface area contributed by atoms with Crippen LogP contribution in [0.5, 0.6) is 0 Å². The highest BCUT2D eigenvalue weighted by Crippen LogP contribution is 2.24. The van der Waals surface area contributed by atoms with Gasteiger partial charge in [-0.3, -0.25) is 4.79 Å². The van der Waals surface area contributed by atoms with E-state index >= 15 is 0 Å². The van der Waals surface area contributed by atoms with Gasteiger partial charge in [0.25, 0.3) is 5.91 Å². The number of hydrogen-bond acceptors (Lipinski definition) is 4. The van der Waals surface area contributed by atoms with Crippen molar-refractivity contribution < 1.29 is 9.53 Å². The second kappa shape index (κ2) is 8.42. The van der Waals surface area contributed by atoms with Crippen LogP contribution in [0, 0.1) is 0 Å². The van der Waals surface area contributed by atoms with Crippen molar-refractivity contribution in [2.24, 2.45) is 0 Å². The van der Waals surface area contributed by atoms with Crippen molar-refractivity contribution in [3.05, 3.63) is 66.1 Å². The lowest BCUT2D eigenvalue weighted by atomic mass is 10.1. The van der Waals surface area contributed by atoms with Crippen molar-refractivity contribution in [3.8, 4) is 10.4 Å². The van der Waals surface area contributed by atoms with E-state index in [9.17, 15) is 4.79 Å². The third-order valence-electron chi connectivity index (χ3n) is 3.54. The van der Waals surface area contributed by atoms with E-state index < -0.39 is 0 Å². The number of ether oxygens (including phenoxy) is 1. The first kappa shape index (κ1) is 16.4. The first-order valence-electron chi connectivity index (χ1n) is 7.78. The van der Waals surface area contributed by atoms with Gasteiger partial charge in [-0.1, -0.05) is 18.2 Å². The number of nitrogens with one attached hydrogen (secondary N) is 1. The maximum absolute atomic E-state index is 12.1. The molecule has 3 rings (SSSR count). The summed E-state index contributed by atoms with van der Waals surface area (Å²) in [6.45, 7) is 2.35. The summed E-state index contributed by atoms with van der Waals surface area (Å²) in [6.07, 6.45) is 5.39. The standard InChI is InChI=1S/C18H19N3O2S/c22-18(20-8-11-23-12-10-21-9-7-19-14-21)16-5-3-15(4-6-16)17-2-1-13-24-17/h1-7,9,13-14H,8,10-12H2,(H,20,22). The van der Waals surface area contributed by atoms with Crippen LogP contribution in [0.1, 0.15) is 10.4 Å². The normalized spacial score (nSPS) is 10.7. The number of carbonyl (C=O) groups is 1. The molecule has 6 heteroatoms. The van der Waals surface area contributed by atoms with Crippen LogP contribution in [-0.4, -0.2) is 35.2 Å². The van der Waals surface area contributed by atoms with Crippen molar-refractivity contribution >= 4 is 17.2 Å². The molecule has 3 aromatic rings. The van der Waals surface area contributed by atoms with Gasteiger partial charge in [0, 0.05) is 35.9 Å². The lowest BCUT2D eigenvalue weighted by Gasteiger charge is -2.07. The lowest BCUT2D eigenvalue weighted by Crippen LogP contribution is -2.27. The van der Waals surface area contributed by atoms with Crippen molar-refractivity contribution in [3.63, 3.8) is 0 Å². The highest BCUT2D eigenvalue weighted by atomic mass is 32.1. The summed E-state index contributed by atoms with van der Waals surface area (Å²) >= 11 is 1.69. The second-order valence-corrected chi connectivity index (χ2v) is 6.17. The highest BCUT2D eigenvalue weighted by molar-refractivity contribution is 7.13. The van der Waals surface area contributed by atoms with E-state index in [1.165, 1.54) is 4.88 Å². The minimum atomic E-state index is -0.0778. The molecule has 0 aliphatic carbocycles. The molecule has 0 bridgehead atoms. The minimum absolute atomic E-state index is 0.0778. The number of nitrogens with zero attached hydrogens (tertiary/aromatic N) is 2. The van der Waals surface area contributed by atoms with Gasteiger partial charge in [0.15, 0.2) is 0 Å². The van der Waals surface area contributed by atoms with E-state index in [1.54, 1.807) is 23.9 Å². The Labute approximate surface area is 144 Å². The van der Waals surface area contributed by atoms with E-state index in [4.69, 9.17) is 4.74 Å². The van der Waals surface area contributed by atoms with Gasteiger partial charge in [0.1, 0.15) is 0 Å². The van der Waals surface area contributed by atoms with Gasteiger partial charge >= 0.3 is 0 Å². The predicted octanol–water partition coefficient (Wildman–Crippen LogP) is 3.06. The fourth-order valence-corrected chi connectivity index (χ4v) is 2.99. The number of hydrogen-bond donors (Lipinski definition) is 1. The molecule has 0 atom stereocenters. The first-order chi connectivity index (χ1) is 11.8.